The van der Waals surface area contributed by atoms with Crippen molar-refractivity contribution >= 4 is 5.82 Å². The summed E-state index contributed by atoms with van der Waals surface area (Å²) in [5, 5.41) is 20.5. The first-order valence-electron chi connectivity index (χ1n) is 8.46. The molecule has 3 aromatic heterocycles. The standard InChI is InChI=1S/C17H21N7O/c1-23-12-13(10-20-23)16-2-3-17(22-21-16)18-11-15-4-7-19-24(15)14-5-8-25-9-6-14/h2-4,7,10,12,14H,5-6,8-9,11H2,1H3,(H,18,22). The van der Waals surface area contributed by atoms with Gasteiger partial charge in [-0.25, -0.2) is 0 Å². The molecule has 3 aromatic rings. The maximum absolute atomic E-state index is 5.44. The lowest BCUT2D eigenvalue weighted by Crippen LogP contribution is -2.22. The Kier molecular flexibility index (Phi) is 4.43. The molecule has 0 amide bonds. The summed E-state index contributed by atoms with van der Waals surface area (Å²) in [6.07, 6.45) is 7.57. The summed E-state index contributed by atoms with van der Waals surface area (Å²) >= 11 is 0. The number of hydrogen-bond acceptors (Lipinski definition) is 6. The third-order valence-electron chi connectivity index (χ3n) is 4.40. The minimum atomic E-state index is 0.416. The van der Waals surface area contributed by atoms with E-state index in [9.17, 15) is 0 Å². The zero-order chi connectivity index (χ0) is 17.1. The van der Waals surface area contributed by atoms with Crippen LogP contribution in [0.4, 0.5) is 5.82 Å². The van der Waals surface area contributed by atoms with Crippen molar-refractivity contribution in [3.05, 3.63) is 42.5 Å². The Balaban J connectivity index is 1.41. The van der Waals surface area contributed by atoms with Crippen LogP contribution < -0.4 is 5.32 Å². The van der Waals surface area contributed by atoms with Gasteiger partial charge in [0.05, 0.1) is 30.2 Å². The summed E-state index contributed by atoms with van der Waals surface area (Å²) in [6.45, 7) is 2.27. The summed E-state index contributed by atoms with van der Waals surface area (Å²) in [4.78, 5) is 0. The molecule has 130 valence electrons. The van der Waals surface area contributed by atoms with Crippen LogP contribution in [0, 0.1) is 0 Å². The van der Waals surface area contributed by atoms with Crippen LogP contribution in [0.3, 0.4) is 0 Å². The molecule has 0 unspecified atom stereocenters. The van der Waals surface area contributed by atoms with E-state index < -0.39 is 0 Å². The van der Waals surface area contributed by atoms with Crippen molar-refractivity contribution in [1.82, 2.24) is 29.8 Å². The van der Waals surface area contributed by atoms with Gasteiger partial charge in [0.15, 0.2) is 0 Å². The molecule has 1 saturated heterocycles. The van der Waals surface area contributed by atoms with Crippen molar-refractivity contribution in [2.24, 2.45) is 7.05 Å². The number of nitrogens with one attached hydrogen (secondary N) is 1. The van der Waals surface area contributed by atoms with Gasteiger partial charge in [-0.3, -0.25) is 9.36 Å². The van der Waals surface area contributed by atoms with Crippen LogP contribution in [0.2, 0.25) is 0 Å². The monoisotopic (exact) mass is 339 g/mol. The van der Waals surface area contributed by atoms with Crippen LogP contribution in [-0.4, -0.2) is 43.0 Å². The Morgan fingerprint density at radius 3 is 2.76 bits per heavy atom. The second-order valence-corrected chi connectivity index (χ2v) is 6.17. The van der Waals surface area contributed by atoms with E-state index in [-0.39, 0.29) is 0 Å². The van der Waals surface area contributed by atoms with E-state index in [0.29, 0.717) is 12.6 Å². The Hall–Kier alpha value is -2.74. The lowest BCUT2D eigenvalue weighted by molar-refractivity contribution is 0.0655. The highest BCUT2D eigenvalue weighted by atomic mass is 16.5. The highest BCUT2D eigenvalue weighted by Crippen LogP contribution is 2.22. The van der Waals surface area contributed by atoms with Crippen LogP contribution in [0.1, 0.15) is 24.6 Å². The van der Waals surface area contributed by atoms with Gasteiger partial charge in [-0.15, -0.1) is 10.2 Å². The first kappa shape index (κ1) is 15.8. The van der Waals surface area contributed by atoms with E-state index in [1.165, 1.54) is 0 Å². The molecular formula is C17H21N7O. The predicted molar refractivity (Wildman–Crippen MR) is 92.9 cm³/mol. The van der Waals surface area contributed by atoms with E-state index in [2.05, 4.69) is 30.4 Å². The Morgan fingerprint density at radius 1 is 1.16 bits per heavy atom. The highest BCUT2D eigenvalue weighted by molar-refractivity contribution is 5.57. The average molecular weight is 339 g/mol. The van der Waals surface area contributed by atoms with Crippen LogP contribution in [-0.2, 0) is 18.3 Å². The van der Waals surface area contributed by atoms with Gasteiger partial charge in [0.2, 0.25) is 0 Å². The Labute approximate surface area is 145 Å². The normalized spacial score (nSPS) is 15.4. The molecule has 0 radical (unpaired) electrons. The third kappa shape index (κ3) is 3.53. The molecule has 4 heterocycles. The summed E-state index contributed by atoms with van der Waals surface area (Å²) in [5.74, 6) is 0.743. The van der Waals surface area contributed by atoms with Gasteiger partial charge in [0.1, 0.15) is 5.82 Å². The number of ether oxygens (including phenoxy) is 1. The molecule has 1 N–H and O–H groups in total. The van der Waals surface area contributed by atoms with Gasteiger partial charge in [-0.2, -0.15) is 10.2 Å². The fourth-order valence-corrected chi connectivity index (χ4v) is 3.06. The molecule has 0 saturated carbocycles. The molecule has 25 heavy (non-hydrogen) atoms. The van der Waals surface area contributed by atoms with Crippen molar-refractivity contribution in [3.63, 3.8) is 0 Å². The zero-order valence-electron chi connectivity index (χ0n) is 14.2. The number of aromatic nitrogens is 6. The molecule has 8 nitrogen and oxygen atoms in total. The van der Waals surface area contributed by atoms with Crippen molar-refractivity contribution in [3.8, 4) is 11.3 Å². The first-order valence-corrected chi connectivity index (χ1v) is 8.46. The first-order chi connectivity index (χ1) is 12.3. The third-order valence-corrected chi connectivity index (χ3v) is 4.40. The predicted octanol–water partition coefficient (Wildman–Crippen LogP) is 2.04. The summed E-state index contributed by atoms with van der Waals surface area (Å²) in [7, 11) is 1.88. The molecule has 1 fully saturated rings. The van der Waals surface area contributed by atoms with E-state index in [1.807, 2.05) is 37.6 Å². The quantitative estimate of drug-likeness (QED) is 0.766. The second-order valence-electron chi connectivity index (χ2n) is 6.17. The highest BCUT2D eigenvalue weighted by Gasteiger charge is 2.18. The molecule has 0 aromatic carbocycles. The van der Waals surface area contributed by atoms with Gasteiger partial charge < -0.3 is 10.1 Å². The number of anilines is 1. The van der Waals surface area contributed by atoms with Gasteiger partial charge >= 0.3 is 0 Å². The molecule has 0 spiro atoms. The largest absolute Gasteiger partial charge is 0.381 e. The minimum absolute atomic E-state index is 0.416. The molecule has 1 aliphatic rings. The molecule has 1 aliphatic heterocycles. The molecule has 0 atom stereocenters. The Bertz CT molecular complexity index is 818. The fraction of sp³-hybridized carbons (Fsp3) is 0.412. The van der Waals surface area contributed by atoms with Crippen molar-refractivity contribution in [1.29, 1.82) is 0 Å². The fourth-order valence-electron chi connectivity index (χ4n) is 3.06. The number of rotatable bonds is 5. The van der Waals surface area contributed by atoms with Crippen LogP contribution >= 0.6 is 0 Å². The van der Waals surface area contributed by atoms with Crippen LogP contribution in [0.25, 0.3) is 11.3 Å². The molecule has 4 rings (SSSR count). The molecule has 0 bridgehead atoms. The molecule has 0 aliphatic carbocycles. The maximum Gasteiger partial charge on any atom is 0.149 e. The van der Waals surface area contributed by atoms with Gasteiger partial charge in [-0.1, -0.05) is 0 Å². The SMILES string of the molecule is Cn1cc(-c2ccc(NCc3ccnn3C3CCOCC3)nn2)cn1. The summed E-state index contributed by atoms with van der Waals surface area (Å²) in [5.41, 5.74) is 2.91. The van der Waals surface area contributed by atoms with Crippen LogP contribution in [0.15, 0.2) is 36.8 Å². The second kappa shape index (κ2) is 7.02. The van der Waals surface area contributed by atoms with Crippen molar-refractivity contribution in [2.45, 2.75) is 25.4 Å². The average Bonchev–Trinajstić information content (AvgIpc) is 3.30. The van der Waals surface area contributed by atoms with E-state index in [1.54, 1.807) is 10.9 Å². The smallest absolute Gasteiger partial charge is 0.149 e. The minimum Gasteiger partial charge on any atom is -0.381 e. The van der Waals surface area contributed by atoms with E-state index >= 15 is 0 Å². The lowest BCUT2D eigenvalue weighted by atomic mass is 10.1. The molecular weight excluding hydrogens is 318 g/mol. The van der Waals surface area contributed by atoms with Crippen LogP contribution in [0.5, 0.6) is 0 Å². The van der Waals surface area contributed by atoms with Gasteiger partial charge in [0, 0.05) is 38.2 Å². The van der Waals surface area contributed by atoms with Crippen molar-refractivity contribution < 1.29 is 4.74 Å². The number of aryl methyl sites for hydroxylation is 1. The Morgan fingerprint density at radius 2 is 2.04 bits per heavy atom. The lowest BCUT2D eigenvalue weighted by Gasteiger charge is -2.24. The van der Waals surface area contributed by atoms with Gasteiger partial charge in [0.25, 0.3) is 0 Å². The summed E-state index contributed by atoms with van der Waals surface area (Å²) in [6, 6.07) is 6.34. The van der Waals surface area contributed by atoms with Gasteiger partial charge in [-0.05, 0) is 31.0 Å². The van der Waals surface area contributed by atoms with E-state index in [4.69, 9.17) is 4.74 Å². The number of nitrogens with zero attached hydrogens (tertiary/aromatic N) is 6. The maximum atomic E-state index is 5.44. The zero-order valence-corrected chi connectivity index (χ0v) is 14.2. The summed E-state index contributed by atoms with van der Waals surface area (Å²) < 4.78 is 9.29. The van der Waals surface area contributed by atoms with Crippen molar-refractivity contribution in [2.75, 3.05) is 18.5 Å². The van der Waals surface area contributed by atoms with E-state index in [0.717, 1.165) is 48.8 Å². The topological polar surface area (TPSA) is 82.7 Å². The number of hydrogen-bond donors (Lipinski definition) is 1. The molecule has 8 heteroatoms.